The average Bonchev–Trinajstić information content (AvgIpc) is 3.52. The first-order valence-electron chi connectivity index (χ1n) is 9.81. The first kappa shape index (κ1) is 26.4. The molecule has 31 heavy (non-hydrogen) atoms. The van der Waals surface area contributed by atoms with Gasteiger partial charge in [0.15, 0.2) is 17.5 Å². The number of aliphatic hydroxyl groups excluding tert-OH is 2. The zero-order valence-corrected chi connectivity index (χ0v) is 17.7. The maximum absolute atomic E-state index is 14.4. The largest absolute Gasteiger partial charge is 0.394 e. The van der Waals surface area contributed by atoms with E-state index in [0.717, 1.165) is 0 Å². The predicted octanol–water partition coefficient (Wildman–Crippen LogP) is 4.82. The summed E-state index contributed by atoms with van der Waals surface area (Å²) in [6.07, 6.45) is 0.196. The minimum Gasteiger partial charge on any atom is -0.394 e. The molecule has 172 valence electrons. The van der Waals surface area contributed by atoms with Crippen molar-refractivity contribution in [2.45, 2.75) is 51.7 Å². The molecule has 0 saturated heterocycles. The number of aryl methyl sites for hydroxylation is 1. The van der Waals surface area contributed by atoms with Crippen LogP contribution in [0, 0.1) is 30.2 Å². The van der Waals surface area contributed by atoms with Crippen molar-refractivity contribution in [2.24, 2.45) is 0 Å². The number of hydrogen-bond acceptors (Lipinski definition) is 5. The van der Waals surface area contributed by atoms with Gasteiger partial charge >= 0.3 is 0 Å². The fraction of sp³-hybridized carbons (Fsp3) is 0.409. The summed E-state index contributed by atoms with van der Waals surface area (Å²) in [5.41, 5.74) is -1.14. The highest BCUT2D eigenvalue weighted by atomic mass is 19.2. The SMILES string of the molecule is C=O.CC.Cc1ccc(Nc2c(F)c(F)cc(F)c2NC2(CC(O)CO)CC2)c(F)c1. The van der Waals surface area contributed by atoms with Crippen LogP contribution in [0.15, 0.2) is 24.3 Å². The van der Waals surface area contributed by atoms with E-state index >= 15 is 0 Å². The summed E-state index contributed by atoms with van der Waals surface area (Å²) in [4.78, 5) is 8.00. The van der Waals surface area contributed by atoms with Gasteiger partial charge in [-0.05, 0) is 43.9 Å². The van der Waals surface area contributed by atoms with Crippen LogP contribution in [0.4, 0.5) is 34.6 Å². The molecular weight excluding hydrogens is 416 g/mol. The van der Waals surface area contributed by atoms with Gasteiger partial charge < -0.3 is 25.6 Å². The normalized spacial score (nSPS) is 14.4. The highest BCUT2D eigenvalue weighted by Crippen LogP contribution is 2.46. The van der Waals surface area contributed by atoms with Crippen molar-refractivity contribution < 1.29 is 32.6 Å². The Morgan fingerprint density at radius 3 is 2.16 bits per heavy atom. The molecule has 3 rings (SSSR count). The number of nitrogens with one attached hydrogen (secondary N) is 2. The summed E-state index contributed by atoms with van der Waals surface area (Å²) < 4.78 is 56.7. The molecule has 1 saturated carbocycles. The van der Waals surface area contributed by atoms with Crippen molar-refractivity contribution in [3.05, 3.63) is 53.1 Å². The van der Waals surface area contributed by atoms with Gasteiger partial charge in [0.1, 0.15) is 18.3 Å². The molecular formula is C22H28F4N2O3. The van der Waals surface area contributed by atoms with Gasteiger partial charge in [0, 0.05) is 11.6 Å². The Balaban J connectivity index is 0.00000113. The second-order valence-corrected chi connectivity index (χ2v) is 6.96. The summed E-state index contributed by atoms with van der Waals surface area (Å²) in [5, 5.41) is 23.9. The van der Waals surface area contributed by atoms with Crippen LogP contribution in [0.2, 0.25) is 0 Å². The predicted molar refractivity (Wildman–Crippen MR) is 113 cm³/mol. The smallest absolute Gasteiger partial charge is 0.184 e. The van der Waals surface area contributed by atoms with Crippen LogP contribution in [0.3, 0.4) is 0 Å². The van der Waals surface area contributed by atoms with Gasteiger partial charge in [-0.25, -0.2) is 17.6 Å². The topological polar surface area (TPSA) is 81.6 Å². The van der Waals surface area contributed by atoms with E-state index in [0.29, 0.717) is 24.5 Å². The number of aliphatic hydroxyl groups is 2. The van der Waals surface area contributed by atoms with Crippen LogP contribution in [0.1, 0.15) is 38.7 Å². The lowest BCUT2D eigenvalue weighted by atomic mass is 10.1. The highest BCUT2D eigenvalue weighted by Gasteiger charge is 2.45. The molecule has 0 aromatic heterocycles. The van der Waals surface area contributed by atoms with Gasteiger partial charge in [-0.3, -0.25) is 0 Å². The summed E-state index contributed by atoms with van der Waals surface area (Å²) >= 11 is 0. The van der Waals surface area contributed by atoms with E-state index in [-0.39, 0.29) is 17.8 Å². The number of benzene rings is 2. The first-order valence-corrected chi connectivity index (χ1v) is 9.81. The van der Waals surface area contributed by atoms with Gasteiger partial charge in [0.2, 0.25) is 0 Å². The average molecular weight is 444 g/mol. The maximum Gasteiger partial charge on any atom is 0.184 e. The van der Waals surface area contributed by atoms with E-state index in [1.54, 1.807) is 13.0 Å². The van der Waals surface area contributed by atoms with Crippen LogP contribution >= 0.6 is 0 Å². The number of halogens is 4. The van der Waals surface area contributed by atoms with Gasteiger partial charge in [0.25, 0.3) is 0 Å². The van der Waals surface area contributed by atoms with E-state index in [1.807, 2.05) is 20.6 Å². The van der Waals surface area contributed by atoms with Gasteiger partial charge in [0.05, 0.1) is 24.1 Å². The molecule has 0 bridgehead atoms. The van der Waals surface area contributed by atoms with Gasteiger partial charge in [-0.15, -0.1) is 0 Å². The second kappa shape index (κ2) is 11.7. The van der Waals surface area contributed by atoms with Crippen molar-refractivity contribution in [2.75, 3.05) is 17.2 Å². The number of carbonyl (C=O) groups is 1. The van der Waals surface area contributed by atoms with Gasteiger partial charge in [-0.1, -0.05) is 19.9 Å². The molecule has 2 aromatic carbocycles. The summed E-state index contributed by atoms with van der Waals surface area (Å²) in [5.74, 6) is -4.50. The third kappa shape index (κ3) is 6.67. The molecule has 4 N–H and O–H groups in total. The molecule has 0 amide bonds. The second-order valence-electron chi connectivity index (χ2n) is 6.96. The Morgan fingerprint density at radius 2 is 1.65 bits per heavy atom. The van der Waals surface area contributed by atoms with Crippen LogP contribution < -0.4 is 10.6 Å². The molecule has 9 heteroatoms. The van der Waals surface area contributed by atoms with E-state index in [4.69, 9.17) is 9.90 Å². The Kier molecular flexibility index (Phi) is 9.93. The quantitative estimate of drug-likeness (QED) is 0.364. The van der Waals surface area contributed by atoms with E-state index in [9.17, 15) is 22.7 Å². The molecule has 1 atom stereocenters. The molecule has 0 aliphatic heterocycles. The standard InChI is InChI=1S/C19H20F4N2O2.C2H6.CH2O/c1-10-2-3-15(12(20)6-10)24-18-16(23)13(21)7-14(22)17(18)25-19(4-5-19)8-11(27)9-26;2*1-2/h2-3,6-7,11,24-27H,4-5,8-9H2,1H3;1-2H3;1H2. The Hall–Kier alpha value is -2.65. The molecule has 5 nitrogen and oxygen atoms in total. The number of carbonyl (C=O) groups excluding carboxylic acids is 1. The highest BCUT2D eigenvalue weighted by molar-refractivity contribution is 5.77. The Labute approximate surface area is 179 Å². The van der Waals surface area contributed by atoms with Crippen molar-refractivity contribution >= 4 is 23.9 Å². The molecule has 1 aliphatic rings. The molecule has 0 spiro atoms. The number of anilines is 3. The minimum absolute atomic E-state index is 0.111. The molecule has 2 aromatic rings. The minimum atomic E-state index is -1.41. The summed E-state index contributed by atoms with van der Waals surface area (Å²) in [6, 6.07) is 4.54. The summed E-state index contributed by atoms with van der Waals surface area (Å²) in [7, 11) is 0. The fourth-order valence-electron chi connectivity index (χ4n) is 3.00. The zero-order chi connectivity index (χ0) is 23.8. The lowest BCUT2D eigenvalue weighted by Crippen LogP contribution is -2.30. The van der Waals surface area contributed by atoms with Crippen molar-refractivity contribution in [1.82, 2.24) is 0 Å². The third-order valence-corrected chi connectivity index (χ3v) is 4.64. The maximum atomic E-state index is 14.4. The van der Waals surface area contributed by atoms with Gasteiger partial charge in [-0.2, -0.15) is 0 Å². The van der Waals surface area contributed by atoms with Crippen molar-refractivity contribution in [3.63, 3.8) is 0 Å². The number of hydrogen-bond donors (Lipinski definition) is 4. The van der Waals surface area contributed by atoms with Crippen molar-refractivity contribution in [3.8, 4) is 0 Å². The third-order valence-electron chi connectivity index (χ3n) is 4.64. The molecule has 0 radical (unpaired) electrons. The van der Waals surface area contributed by atoms with Crippen molar-refractivity contribution in [1.29, 1.82) is 0 Å². The lowest BCUT2D eigenvalue weighted by molar-refractivity contribution is -0.0980. The molecule has 0 heterocycles. The molecule has 1 fully saturated rings. The van der Waals surface area contributed by atoms with Crippen LogP contribution in [-0.2, 0) is 4.79 Å². The monoisotopic (exact) mass is 444 g/mol. The van der Waals surface area contributed by atoms with E-state index < -0.39 is 47.2 Å². The molecule has 1 aliphatic carbocycles. The Morgan fingerprint density at radius 1 is 1.03 bits per heavy atom. The zero-order valence-electron chi connectivity index (χ0n) is 17.7. The van der Waals surface area contributed by atoms with E-state index in [2.05, 4.69) is 10.6 Å². The Bertz CT molecular complexity index is 876. The first-order chi connectivity index (χ1) is 14.7. The molecule has 1 unspecified atom stereocenters. The summed E-state index contributed by atoms with van der Waals surface area (Å²) in [6.45, 7) is 7.20. The fourth-order valence-corrected chi connectivity index (χ4v) is 3.00. The lowest BCUT2D eigenvalue weighted by Gasteiger charge is -2.24. The van der Waals surface area contributed by atoms with E-state index in [1.165, 1.54) is 12.1 Å². The van der Waals surface area contributed by atoms with Crippen LogP contribution in [0.25, 0.3) is 0 Å². The van der Waals surface area contributed by atoms with Crippen LogP contribution in [0.5, 0.6) is 0 Å². The number of rotatable bonds is 7. The van der Waals surface area contributed by atoms with Crippen LogP contribution in [-0.4, -0.2) is 35.3 Å².